The summed E-state index contributed by atoms with van der Waals surface area (Å²) in [6, 6.07) is 3.73. The van der Waals surface area contributed by atoms with Crippen LogP contribution in [0.5, 0.6) is 5.75 Å². The lowest BCUT2D eigenvalue weighted by molar-refractivity contribution is -0.118. The van der Waals surface area contributed by atoms with Crippen LogP contribution in [0, 0.1) is 0 Å². The lowest BCUT2D eigenvalue weighted by Gasteiger charge is -2.09. The Morgan fingerprint density at radius 1 is 1.27 bits per heavy atom. The number of nitrogens with two attached hydrogens (primary N) is 1. The first-order valence-electron chi connectivity index (χ1n) is 4.06. The average Bonchev–Trinajstić information content (AvgIpc) is 2.08. The van der Waals surface area contributed by atoms with Gasteiger partial charge in [0, 0.05) is 4.47 Å². The summed E-state index contributed by atoms with van der Waals surface area (Å²) in [5.41, 5.74) is 5.01. The first kappa shape index (κ1) is 13.0. The van der Waals surface area contributed by atoms with E-state index < -0.39 is 0 Å². The highest BCUT2D eigenvalue weighted by molar-refractivity contribution is 9.11. The highest BCUT2D eigenvalue weighted by atomic mass is 79.9. The Balaban J connectivity index is 2.72. The highest BCUT2D eigenvalue weighted by Crippen LogP contribution is 2.36. The summed E-state index contributed by atoms with van der Waals surface area (Å²) in [6.45, 7) is 0.272. The zero-order valence-corrected chi connectivity index (χ0v) is 12.4. The molecule has 1 rings (SSSR count). The summed E-state index contributed by atoms with van der Waals surface area (Å²) >= 11 is 10.1. The Morgan fingerprint density at radius 2 is 1.80 bits per heavy atom. The summed E-state index contributed by atoms with van der Waals surface area (Å²) in [5, 5.41) is 0. The summed E-state index contributed by atoms with van der Waals surface area (Å²) < 4.78 is 7.98. The highest BCUT2D eigenvalue weighted by Gasteiger charge is 2.08. The number of primary amides is 1. The molecule has 82 valence electrons. The van der Waals surface area contributed by atoms with Crippen LogP contribution in [0.1, 0.15) is 6.42 Å². The topological polar surface area (TPSA) is 52.3 Å². The van der Waals surface area contributed by atoms with Gasteiger partial charge in [0.05, 0.1) is 22.0 Å². The van der Waals surface area contributed by atoms with Crippen LogP contribution in [0.25, 0.3) is 0 Å². The molecule has 0 aliphatic heterocycles. The zero-order chi connectivity index (χ0) is 11.4. The predicted molar refractivity (Wildman–Crippen MR) is 68.8 cm³/mol. The lowest BCUT2D eigenvalue weighted by Crippen LogP contribution is -2.14. The van der Waals surface area contributed by atoms with Crippen molar-refractivity contribution >= 4 is 53.7 Å². The number of hydrogen-bond donors (Lipinski definition) is 1. The fourth-order valence-corrected chi connectivity index (χ4v) is 3.41. The molecule has 0 aliphatic rings. The summed E-state index contributed by atoms with van der Waals surface area (Å²) in [6.07, 6.45) is 0.203. The summed E-state index contributed by atoms with van der Waals surface area (Å²) in [7, 11) is 0. The van der Waals surface area contributed by atoms with Gasteiger partial charge in [-0.05, 0) is 44.0 Å². The van der Waals surface area contributed by atoms with Gasteiger partial charge in [0.25, 0.3) is 0 Å². The quantitative estimate of drug-likeness (QED) is 0.842. The third-order valence-electron chi connectivity index (χ3n) is 1.56. The predicted octanol–water partition coefficient (Wildman–Crippen LogP) is 3.23. The Labute approximate surface area is 113 Å². The van der Waals surface area contributed by atoms with Gasteiger partial charge in [-0.15, -0.1) is 0 Å². The van der Waals surface area contributed by atoms with Gasteiger partial charge < -0.3 is 10.5 Å². The molecule has 0 unspecified atom stereocenters. The second-order valence-electron chi connectivity index (χ2n) is 2.76. The van der Waals surface area contributed by atoms with Crippen molar-refractivity contribution in [1.29, 1.82) is 0 Å². The molecule has 0 aromatic heterocycles. The number of rotatable bonds is 4. The third kappa shape index (κ3) is 4.12. The Kier molecular flexibility index (Phi) is 5.08. The van der Waals surface area contributed by atoms with E-state index in [9.17, 15) is 4.79 Å². The number of carbonyl (C=O) groups is 1. The van der Waals surface area contributed by atoms with E-state index in [1.165, 1.54) is 0 Å². The van der Waals surface area contributed by atoms with E-state index in [-0.39, 0.29) is 18.9 Å². The molecule has 3 nitrogen and oxygen atoms in total. The van der Waals surface area contributed by atoms with Crippen LogP contribution >= 0.6 is 47.8 Å². The molecule has 0 heterocycles. The van der Waals surface area contributed by atoms with Crippen molar-refractivity contribution < 1.29 is 9.53 Å². The van der Waals surface area contributed by atoms with E-state index in [1.54, 1.807) is 0 Å². The van der Waals surface area contributed by atoms with Gasteiger partial charge in [0.15, 0.2) is 0 Å². The first-order valence-corrected chi connectivity index (χ1v) is 6.44. The second kappa shape index (κ2) is 5.86. The molecule has 0 aliphatic carbocycles. The van der Waals surface area contributed by atoms with Crippen LogP contribution in [-0.2, 0) is 4.79 Å². The molecule has 0 spiro atoms. The SMILES string of the molecule is NC(=O)CCOc1c(Br)cc(Br)cc1Br. The van der Waals surface area contributed by atoms with E-state index in [0.29, 0.717) is 5.75 Å². The monoisotopic (exact) mass is 399 g/mol. The number of hydrogen-bond acceptors (Lipinski definition) is 2. The number of amides is 1. The minimum atomic E-state index is -0.376. The standard InChI is InChI=1S/C9H8Br3NO2/c10-5-3-6(11)9(7(12)4-5)15-2-1-8(13)14/h3-4H,1-2H2,(H2,13,14). The number of benzene rings is 1. The molecule has 6 heteroatoms. The molecule has 0 fully saturated rings. The van der Waals surface area contributed by atoms with E-state index >= 15 is 0 Å². The molecule has 1 amide bonds. The molecule has 1 aromatic carbocycles. The van der Waals surface area contributed by atoms with Crippen molar-refractivity contribution in [2.24, 2.45) is 5.73 Å². The molecule has 0 atom stereocenters. The van der Waals surface area contributed by atoms with E-state index in [4.69, 9.17) is 10.5 Å². The van der Waals surface area contributed by atoms with E-state index in [0.717, 1.165) is 13.4 Å². The Morgan fingerprint density at radius 3 is 2.27 bits per heavy atom. The number of halogens is 3. The maximum atomic E-state index is 10.5. The minimum Gasteiger partial charge on any atom is -0.491 e. The van der Waals surface area contributed by atoms with Gasteiger partial charge >= 0.3 is 0 Å². The summed E-state index contributed by atoms with van der Waals surface area (Å²) in [4.78, 5) is 10.5. The van der Waals surface area contributed by atoms with Crippen molar-refractivity contribution in [1.82, 2.24) is 0 Å². The fraction of sp³-hybridized carbons (Fsp3) is 0.222. The molecule has 2 N–H and O–H groups in total. The molecule has 0 bridgehead atoms. The van der Waals surface area contributed by atoms with Crippen molar-refractivity contribution in [3.05, 3.63) is 25.6 Å². The molecule has 15 heavy (non-hydrogen) atoms. The van der Waals surface area contributed by atoms with Crippen LogP contribution in [0.4, 0.5) is 0 Å². The largest absolute Gasteiger partial charge is 0.491 e. The second-order valence-corrected chi connectivity index (χ2v) is 5.39. The average molecular weight is 402 g/mol. The van der Waals surface area contributed by atoms with Crippen LogP contribution in [-0.4, -0.2) is 12.5 Å². The fourth-order valence-electron chi connectivity index (χ4n) is 0.921. The van der Waals surface area contributed by atoms with Crippen molar-refractivity contribution in [2.75, 3.05) is 6.61 Å². The maximum absolute atomic E-state index is 10.5. The zero-order valence-electron chi connectivity index (χ0n) is 7.60. The summed E-state index contributed by atoms with van der Waals surface area (Å²) in [5.74, 6) is 0.291. The van der Waals surface area contributed by atoms with E-state index in [2.05, 4.69) is 47.8 Å². The van der Waals surface area contributed by atoms with Gasteiger partial charge in [-0.2, -0.15) is 0 Å². The third-order valence-corrected chi connectivity index (χ3v) is 3.19. The molecular formula is C9H8Br3NO2. The van der Waals surface area contributed by atoms with Crippen LogP contribution in [0.3, 0.4) is 0 Å². The van der Waals surface area contributed by atoms with Gasteiger partial charge in [-0.25, -0.2) is 0 Å². The first-order chi connectivity index (χ1) is 7.00. The number of carbonyl (C=O) groups excluding carboxylic acids is 1. The van der Waals surface area contributed by atoms with E-state index in [1.807, 2.05) is 12.1 Å². The van der Waals surface area contributed by atoms with Gasteiger partial charge in [0.1, 0.15) is 5.75 Å². The normalized spacial score (nSPS) is 10.1. The van der Waals surface area contributed by atoms with Crippen molar-refractivity contribution in [3.63, 3.8) is 0 Å². The number of ether oxygens (including phenoxy) is 1. The smallest absolute Gasteiger partial charge is 0.220 e. The maximum Gasteiger partial charge on any atom is 0.220 e. The molecule has 0 saturated carbocycles. The Bertz CT molecular complexity index is 359. The van der Waals surface area contributed by atoms with Gasteiger partial charge in [-0.3, -0.25) is 4.79 Å². The molecule has 0 saturated heterocycles. The molecule has 0 radical (unpaired) electrons. The van der Waals surface area contributed by atoms with Crippen LogP contribution in [0.2, 0.25) is 0 Å². The lowest BCUT2D eigenvalue weighted by atomic mass is 10.3. The van der Waals surface area contributed by atoms with Crippen LogP contribution < -0.4 is 10.5 Å². The molecule has 1 aromatic rings. The van der Waals surface area contributed by atoms with Crippen molar-refractivity contribution in [3.8, 4) is 5.75 Å². The van der Waals surface area contributed by atoms with Gasteiger partial charge in [-0.1, -0.05) is 15.9 Å². The van der Waals surface area contributed by atoms with Gasteiger partial charge in [0.2, 0.25) is 5.91 Å². The van der Waals surface area contributed by atoms with Crippen LogP contribution in [0.15, 0.2) is 25.6 Å². The molecular weight excluding hydrogens is 394 g/mol. The van der Waals surface area contributed by atoms with Crippen molar-refractivity contribution in [2.45, 2.75) is 6.42 Å². The minimum absolute atomic E-state index is 0.203. The Hall–Kier alpha value is -0.0700.